The minimum Gasteiger partial charge on any atom is -0.309 e. The van der Waals surface area contributed by atoms with Crippen LogP contribution in [-0.2, 0) is 0 Å². The predicted octanol–water partition coefficient (Wildman–Crippen LogP) is 19.0. The molecule has 0 amide bonds. The van der Waals surface area contributed by atoms with E-state index in [0.29, 0.717) is 40.8 Å². The number of para-hydroxylation sites is 4. The van der Waals surface area contributed by atoms with Crippen molar-refractivity contribution < 1.29 is 0 Å². The van der Waals surface area contributed by atoms with E-state index in [1.165, 1.54) is 21.5 Å². The largest absolute Gasteiger partial charge is 0.309 e. The number of nitrogens with zero attached hydrogens (tertiary/aromatic N) is 11. The molecule has 6 heterocycles. The third-order valence-corrected chi connectivity index (χ3v) is 17.5. The van der Waals surface area contributed by atoms with Crippen molar-refractivity contribution in [2.24, 2.45) is 0 Å². The SMILES string of the molecule is Cc1nc(C)nc(-c2ccc3c(c2)c2cc(-c4nc(C)nc(C)n4)ccc2n3-c2c(-c3ccc(-n4c5ccccc5c5ccccc54)cc3)cc(-c3nc(-c4ccccc4)cc(-c4ccccc4)n3)cc2-c2ccc(-n3c4ccccc4c4ccccc43)cc2)n1. The fourth-order valence-electron chi connectivity index (χ4n) is 13.5. The average molecular weight is 1170 g/mol. The summed E-state index contributed by atoms with van der Waals surface area (Å²) in [6.07, 6.45) is 0. The first-order valence-electron chi connectivity index (χ1n) is 30.6. The third kappa shape index (κ3) is 9.12. The highest BCUT2D eigenvalue weighted by Crippen LogP contribution is 2.46. The highest BCUT2D eigenvalue weighted by atomic mass is 15.0. The molecule has 0 aliphatic heterocycles. The molecule has 0 bridgehead atoms. The van der Waals surface area contributed by atoms with Gasteiger partial charge in [-0.05, 0) is 142 Å². The lowest BCUT2D eigenvalue weighted by Gasteiger charge is -2.22. The van der Waals surface area contributed by atoms with Crippen molar-refractivity contribution in [2.45, 2.75) is 27.7 Å². The van der Waals surface area contributed by atoms with Crippen LogP contribution in [-0.4, -0.2) is 53.6 Å². The van der Waals surface area contributed by atoms with E-state index in [1.807, 2.05) is 39.8 Å². The van der Waals surface area contributed by atoms with Gasteiger partial charge in [-0.3, -0.25) is 0 Å². The summed E-state index contributed by atoms with van der Waals surface area (Å²) < 4.78 is 7.19. The molecule has 0 fully saturated rings. The van der Waals surface area contributed by atoms with Crippen molar-refractivity contribution in [3.63, 3.8) is 0 Å². The maximum atomic E-state index is 5.52. The zero-order valence-corrected chi connectivity index (χ0v) is 50.2. The lowest BCUT2D eigenvalue weighted by atomic mass is 9.92. The number of rotatable bonds is 10. The van der Waals surface area contributed by atoms with Crippen molar-refractivity contribution in [1.82, 2.24) is 53.6 Å². The van der Waals surface area contributed by atoms with E-state index in [0.717, 1.165) is 122 Å². The van der Waals surface area contributed by atoms with E-state index >= 15 is 0 Å². The molecule has 0 atom stereocenters. The molecule has 0 unspecified atom stereocenters. The van der Waals surface area contributed by atoms with E-state index in [9.17, 15) is 0 Å². The number of hydrogen-bond donors (Lipinski definition) is 0. The standard InChI is InChI=1S/C80H55N11/c1-48-81-49(2)84-78(83-48)56-35-41-75-67(43-56)68-44-57(79-85-50(3)82-51(4)86-79)36-42-76(68)91(75)77-65(52-31-37-59(38-32-52)89-71-27-15-11-23-61(71)62-24-12-16-28-72(62)89)45-58(80-87-69(54-19-7-5-8-20-54)47-70(88-80)55-21-9-6-10-22-55)46-66(77)53-33-39-60(40-34-53)90-73-29-17-13-25-63(73)64-26-14-18-30-74(64)90/h5-47H,1-4H3. The van der Waals surface area contributed by atoms with E-state index in [-0.39, 0.29) is 0 Å². The molecule has 11 nitrogen and oxygen atoms in total. The molecule has 0 N–H and O–H groups in total. The van der Waals surface area contributed by atoms with Gasteiger partial charge in [0.25, 0.3) is 0 Å². The molecule has 0 aliphatic carbocycles. The van der Waals surface area contributed by atoms with Crippen LogP contribution in [0.1, 0.15) is 23.3 Å². The van der Waals surface area contributed by atoms with Gasteiger partial charge in [0, 0.05) is 82.6 Å². The molecule has 91 heavy (non-hydrogen) atoms. The van der Waals surface area contributed by atoms with Gasteiger partial charge in [0.1, 0.15) is 23.3 Å². The summed E-state index contributed by atoms with van der Waals surface area (Å²) in [6, 6.07) is 93.4. The van der Waals surface area contributed by atoms with Crippen LogP contribution in [0.3, 0.4) is 0 Å². The molecular weight excluding hydrogens is 1110 g/mol. The van der Waals surface area contributed by atoms with Crippen LogP contribution >= 0.6 is 0 Å². The van der Waals surface area contributed by atoms with Crippen LogP contribution in [0.4, 0.5) is 0 Å². The van der Waals surface area contributed by atoms with Crippen LogP contribution in [0, 0.1) is 27.7 Å². The Hall–Kier alpha value is -12.1. The summed E-state index contributed by atoms with van der Waals surface area (Å²) in [6.45, 7) is 7.65. The van der Waals surface area contributed by atoms with E-state index in [2.05, 4.69) is 272 Å². The predicted molar refractivity (Wildman–Crippen MR) is 369 cm³/mol. The lowest BCUT2D eigenvalue weighted by Crippen LogP contribution is -2.04. The first-order chi connectivity index (χ1) is 44.7. The van der Waals surface area contributed by atoms with Crippen molar-refractivity contribution in [1.29, 1.82) is 0 Å². The molecule has 17 aromatic rings. The van der Waals surface area contributed by atoms with Crippen LogP contribution < -0.4 is 0 Å². The molecule has 0 saturated carbocycles. The van der Waals surface area contributed by atoms with Gasteiger partial charge in [0.2, 0.25) is 0 Å². The van der Waals surface area contributed by atoms with Gasteiger partial charge in [0.15, 0.2) is 17.5 Å². The molecule has 11 aromatic carbocycles. The van der Waals surface area contributed by atoms with Crippen molar-refractivity contribution in [3.8, 4) is 96.0 Å². The van der Waals surface area contributed by atoms with Crippen LogP contribution in [0.2, 0.25) is 0 Å². The average Bonchev–Trinajstić information content (AvgIpc) is 1.60. The number of aromatic nitrogens is 11. The van der Waals surface area contributed by atoms with Gasteiger partial charge in [-0.2, -0.15) is 0 Å². The Balaban J connectivity index is 0.980. The Morgan fingerprint density at radius 3 is 0.912 bits per heavy atom. The van der Waals surface area contributed by atoms with Crippen LogP contribution in [0.15, 0.2) is 261 Å². The summed E-state index contributed by atoms with van der Waals surface area (Å²) in [4.78, 5) is 39.7. The van der Waals surface area contributed by atoms with Crippen LogP contribution in [0.25, 0.3) is 161 Å². The summed E-state index contributed by atoms with van der Waals surface area (Å²) in [5, 5.41) is 6.83. The highest BCUT2D eigenvalue weighted by molar-refractivity contribution is 6.14. The molecule has 0 aliphatic rings. The van der Waals surface area contributed by atoms with Crippen molar-refractivity contribution in [3.05, 3.63) is 284 Å². The minimum atomic E-state index is 0.598. The van der Waals surface area contributed by atoms with Crippen molar-refractivity contribution in [2.75, 3.05) is 0 Å². The molecule has 11 heteroatoms. The summed E-state index contributed by atoms with van der Waals surface area (Å²) in [7, 11) is 0. The van der Waals surface area contributed by atoms with Gasteiger partial charge >= 0.3 is 0 Å². The Labute approximate surface area is 524 Å². The van der Waals surface area contributed by atoms with Crippen LogP contribution in [0.5, 0.6) is 0 Å². The third-order valence-electron chi connectivity index (χ3n) is 17.5. The van der Waals surface area contributed by atoms with Gasteiger partial charge in [-0.15, -0.1) is 0 Å². The monoisotopic (exact) mass is 1170 g/mol. The molecule has 0 radical (unpaired) electrons. The first kappa shape index (κ1) is 53.2. The summed E-state index contributed by atoms with van der Waals surface area (Å²) in [5.74, 6) is 4.44. The molecule has 430 valence electrons. The molecule has 0 saturated heterocycles. The summed E-state index contributed by atoms with van der Waals surface area (Å²) >= 11 is 0. The van der Waals surface area contributed by atoms with E-state index in [1.54, 1.807) is 0 Å². The second-order valence-corrected chi connectivity index (χ2v) is 23.3. The Bertz CT molecular complexity index is 5260. The number of fused-ring (bicyclic) bond motifs is 9. The van der Waals surface area contributed by atoms with E-state index in [4.69, 9.17) is 29.9 Å². The Morgan fingerprint density at radius 1 is 0.220 bits per heavy atom. The Kier molecular flexibility index (Phi) is 12.5. The highest BCUT2D eigenvalue weighted by Gasteiger charge is 2.26. The van der Waals surface area contributed by atoms with Gasteiger partial charge < -0.3 is 13.7 Å². The van der Waals surface area contributed by atoms with E-state index < -0.39 is 0 Å². The smallest absolute Gasteiger partial charge is 0.163 e. The minimum absolute atomic E-state index is 0.598. The fourth-order valence-corrected chi connectivity index (χ4v) is 13.5. The lowest BCUT2D eigenvalue weighted by molar-refractivity contribution is 0.928. The topological polar surface area (TPSA) is 118 Å². The molecule has 0 spiro atoms. The maximum absolute atomic E-state index is 5.52. The normalized spacial score (nSPS) is 11.7. The summed E-state index contributed by atoms with van der Waals surface area (Å²) in [5.41, 5.74) is 19.8. The molecular formula is C80H55N11. The van der Waals surface area contributed by atoms with Gasteiger partial charge in [0.05, 0.1) is 50.2 Å². The number of aryl methyl sites for hydroxylation is 4. The number of hydrogen-bond acceptors (Lipinski definition) is 8. The van der Waals surface area contributed by atoms with Gasteiger partial charge in [-0.1, -0.05) is 158 Å². The zero-order chi connectivity index (χ0) is 60.8. The molecule has 17 rings (SSSR count). The second-order valence-electron chi connectivity index (χ2n) is 23.3. The second kappa shape index (κ2) is 21.4. The van der Waals surface area contributed by atoms with Gasteiger partial charge in [-0.25, -0.2) is 39.9 Å². The quantitative estimate of drug-likeness (QED) is 0.133. The zero-order valence-electron chi connectivity index (χ0n) is 50.2. The number of benzene rings is 11. The molecule has 6 aromatic heterocycles. The van der Waals surface area contributed by atoms with Crippen molar-refractivity contribution >= 4 is 65.4 Å². The maximum Gasteiger partial charge on any atom is 0.163 e. The first-order valence-corrected chi connectivity index (χ1v) is 30.6. The Morgan fingerprint density at radius 2 is 0.538 bits per heavy atom. The fraction of sp³-hybridized carbons (Fsp3) is 0.0500.